The summed E-state index contributed by atoms with van der Waals surface area (Å²) in [6, 6.07) is 10.3. The minimum Gasteiger partial charge on any atom is -0.465 e. The van der Waals surface area contributed by atoms with E-state index in [9.17, 15) is 14.4 Å². The summed E-state index contributed by atoms with van der Waals surface area (Å²) in [5, 5.41) is 6.45. The van der Waals surface area contributed by atoms with Crippen molar-refractivity contribution in [2.45, 2.75) is 32.2 Å². The summed E-state index contributed by atoms with van der Waals surface area (Å²) in [5.41, 5.74) is 3.33. The van der Waals surface area contributed by atoms with Crippen LogP contribution in [0.5, 0.6) is 0 Å². The van der Waals surface area contributed by atoms with Gasteiger partial charge in [0.15, 0.2) is 0 Å². The lowest BCUT2D eigenvalue weighted by Gasteiger charge is -2.13. The normalized spacial score (nSPS) is 12.5. The Morgan fingerprint density at radius 1 is 1.03 bits per heavy atom. The second-order valence-corrected chi connectivity index (χ2v) is 8.59. The molecule has 8 heteroatoms. The van der Waals surface area contributed by atoms with E-state index < -0.39 is 5.97 Å². The van der Waals surface area contributed by atoms with E-state index in [-0.39, 0.29) is 11.8 Å². The molecule has 0 bridgehead atoms. The number of hydrogen-bond acceptors (Lipinski definition) is 6. The average molecular weight is 450 g/mol. The number of amides is 2. The number of anilines is 1. The molecule has 0 saturated heterocycles. The quantitative estimate of drug-likeness (QED) is 0.555. The maximum absolute atomic E-state index is 13.2. The summed E-state index contributed by atoms with van der Waals surface area (Å²) in [4.78, 5) is 42.6. The number of ether oxygens (including phenoxy) is 1. The Kier molecular flexibility index (Phi) is 6.61. The number of rotatable bonds is 6. The predicted molar refractivity (Wildman–Crippen MR) is 122 cm³/mol. The second kappa shape index (κ2) is 9.74. The van der Waals surface area contributed by atoms with E-state index in [2.05, 4.69) is 15.6 Å². The Bertz CT molecular complexity index is 1140. The molecule has 2 heterocycles. The van der Waals surface area contributed by atoms with Gasteiger partial charge in [0.1, 0.15) is 5.00 Å². The first-order valence-corrected chi connectivity index (χ1v) is 11.2. The molecule has 2 N–H and O–H groups in total. The summed E-state index contributed by atoms with van der Waals surface area (Å²) >= 11 is 1.48. The fraction of sp³-hybridized carbons (Fsp3) is 0.250. The van der Waals surface area contributed by atoms with Crippen molar-refractivity contribution in [1.82, 2.24) is 10.3 Å². The third-order valence-corrected chi connectivity index (χ3v) is 6.58. The van der Waals surface area contributed by atoms with Gasteiger partial charge in [0.2, 0.25) is 0 Å². The zero-order valence-corrected chi connectivity index (χ0v) is 18.5. The summed E-state index contributed by atoms with van der Waals surface area (Å²) in [6.45, 7) is 0.306. The zero-order chi connectivity index (χ0) is 22.5. The van der Waals surface area contributed by atoms with Gasteiger partial charge >= 0.3 is 5.97 Å². The Balaban J connectivity index is 1.52. The van der Waals surface area contributed by atoms with E-state index in [4.69, 9.17) is 4.74 Å². The molecule has 0 atom stereocenters. The van der Waals surface area contributed by atoms with E-state index in [0.29, 0.717) is 28.2 Å². The molecule has 32 heavy (non-hydrogen) atoms. The molecule has 1 aliphatic carbocycles. The lowest BCUT2D eigenvalue weighted by atomic mass is 9.95. The van der Waals surface area contributed by atoms with Crippen LogP contribution in [0.15, 0.2) is 48.8 Å². The van der Waals surface area contributed by atoms with Crippen LogP contribution < -0.4 is 10.6 Å². The van der Waals surface area contributed by atoms with Crippen molar-refractivity contribution in [3.8, 4) is 0 Å². The molecule has 4 rings (SSSR count). The third kappa shape index (κ3) is 4.70. The van der Waals surface area contributed by atoms with Crippen molar-refractivity contribution in [3.05, 3.63) is 81.5 Å². The van der Waals surface area contributed by atoms with E-state index in [1.807, 2.05) is 0 Å². The molecular formula is C24H23N3O4S. The SMILES string of the molecule is COC(=O)c1ccc(CNC(=O)c2c(NC(=O)c3cccnc3)sc3c2CCCC3)cc1. The van der Waals surface area contributed by atoms with Crippen molar-refractivity contribution >= 4 is 34.1 Å². The topological polar surface area (TPSA) is 97.4 Å². The molecule has 1 aromatic carbocycles. The maximum atomic E-state index is 13.2. The molecule has 0 aliphatic heterocycles. The molecule has 0 spiro atoms. The molecule has 3 aromatic rings. The van der Waals surface area contributed by atoms with Gasteiger partial charge in [-0.2, -0.15) is 0 Å². The van der Waals surface area contributed by atoms with Crippen LogP contribution >= 0.6 is 11.3 Å². The van der Waals surface area contributed by atoms with E-state index in [0.717, 1.165) is 41.7 Å². The van der Waals surface area contributed by atoms with E-state index in [1.54, 1.807) is 42.6 Å². The van der Waals surface area contributed by atoms with Crippen LogP contribution in [0.25, 0.3) is 0 Å². The highest BCUT2D eigenvalue weighted by Gasteiger charge is 2.26. The monoisotopic (exact) mass is 449 g/mol. The molecule has 2 aromatic heterocycles. The maximum Gasteiger partial charge on any atom is 0.337 e. The van der Waals surface area contributed by atoms with Crippen molar-refractivity contribution in [1.29, 1.82) is 0 Å². The molecule has 2 amide bonds. The van der Waals surface area contributed by atoms with Gasteiger partial charge in [0.25, 0.3) is 11.8 Å². The molecular weight excluding hydrogens is 426 g/mol. The number of aromatic nitrogens is 1. The zero-order valence-electron chi connectivity index (χ0n) is 17.6. The highest BCUT2D eigenvalue weighted by molar-refractivity contribution is 7.17. The number of carbonyl (C=O) groups is 3. The van der Waals surface area contributed by atoms with Crippen molar-refractivity contribution in [2.75, 3.05) is 12.4 Å². The van der Waals surface area contributed by atoms with Crippen LogP contribution in [0.4, 0.5) is 5.00 Å². The number of carbonyl (C=O) groups excluding carboxylic acids is 3. The van der Waals surface area contributed by atoms with Gasteiger partial charge in [-0.15, -0.1) is 11.3 Å². The molecule has 1 aliphatic rings. The molecule has 0 radical (unpaired) electrons. The first-order valence-electron chi connectivity index (χ1n) is 10.4. The predicted octanol–water partition coefficient (Wildman–Crippen LogP) is 3.99. The summed E-state index contributed by atoms with van der Waals surface area (Å²) in [7, 11) is 1.34. The first-order chi connectivity index (χ1) is 15.6. The van der Waals surface area contributed by atoms with Gasteiger partial charge in [-0.3, -0.25) is 14.6 Å². The van der Waals surface area contributed by atoms with Crippen LogP contribution in [0.1, 0.15) is 59.9 Å². The first kappa shape index (κ1) is 21.7. The van der Waals surface area contributed by atoms with Gasteiger partial charge in [0, 0.05) is 23.8 Å². The highest BCUT2D eigenvalue weighted by Crippen LogP contribution is 2.38. The smallest absolute Gasteiger partial charge is 0.337 e. The summed E-state index contributed by atoms with van der Waals surface area (Å²) in [6.07, 6.45) is 6.95. The Hall–Kier alpha value is -3.52. The molecule has 0 saturated carbocycles. The fourth-order valence-corrected chi connectivity index (χ4v) is 5.00. The number of fused-ring (bicyclic) bond motifs is 1. The number of nitrogens with one attached hydrogen (secondary N) is 2. The summed E-state index contributed by atoms with van der Waals surface area (Å²) in [5.74, 6) is -0.911. The Labute approximate surface area is 189 Å². The van der Waals surface area contributed by atoms with Gasteiger partial charge in [-0.05, 0) is 61.1 Å². The second-order valence-electron chi connectivity index (χ2n) is 7.48. The number of nitrogens with zero attached hydrogens (tertiary/aromatic N) is 1. The highest BCUT2D eigenvalue weighted by atomic mass is 32.1. The Morgan fingerprint density at radius 3 is 2.53 bits per heavy atom. The average Bonchev–Trinajstić information content (AvgIpc) is 3.20. The van der Waals surface area contributed by atoms with Gasteiger partial charge in [0.05, 0.1) is 23.8 Å². The lowest BCUT2D eigenvalue weighted by molar-refractivity contribution is 0.0600. The fourth-order valence-electron chi connectivity index (χ4n) is 3.71. The van der Waals surface area contributed by atoms with E-state index in [1.165, 1.54) is 24.6 Å². The number of aryl methyl sites for hydroxylation is 1. The number of esters is 1. The van der Waals surface area contributed by atoms with Crippen LogP contribution in [0.3, 0.4) is 0 Å². The van der Waals surface area contributed by atoms with E-state index >= 15 is 0 Å². The standard InChI is InChI=1S/C24H23N3O4S/c1-31-24(30)16-10-8-15(9-11-16)13-26-22(29)20-18-6-2-3-7-19(18)32-23(20)27-21(28)17-5-4-12-25-14-17/h4-5,8-12,14H,2-3,6-7,13H2,1H3,(H,26,29)(H,27,28). The van der Waals surface area contributed by atoms with Gasteiger partial charge in [-0.25, -0.2) is 4.79 Å². The third-order valence-electron chi connectivity index (χ3n) is 5.38. The van der Waals surface area contributed by atoms with Crippen molar-refractivity contribution < 1.29 is 19.1 Å². The number of pyridine rings is 1. The number of hydrogen-bond donors (Lipinski definition) is 2. The van der Waals surface area contributed by atoms with Crippen molar-refractivity contribution in [2.24, 2.45) is 0 Å². The number of thiophene rings is 1. The largest absolute Gasteiger partial charge is 0.465 e. The minimum atomic E-state index is -0.403. The van der Waals surface area contributed by atoms with Crippen LogP contribution in [0.2, 0.25) is 0 Å². The Morgan fingerprint density at radius 2 is 1.81 bits per heavy atom. The minimum absolute atomic E-state index is 0.220. The lowest BCUT2D eigenvalue weighted by Crippen LogP contribution is -2.25. The summed E-state index contributed by atoms with van der Waals surface area (Å²) < 4.78 is 4.71. The number of benzene rings is 1. The molecule has 164 valence electrons. The van der Waals surface area contributed by atoms with Gasteiger partial charge < -0.3 is 15.4 Å². The molecule has 0 unspecified atom stereocenters. The van der Waals surface area contributed by atoms with Crippen LogP contribution in [-0.4, -0.2) is 29.9 Å². The van der Waals surface area contributed by atoms with Gasteiger partial charge in [-0.1, -0.05) is 12.1 Å². The molecule has 7 nitrogen and oxygen atoms in total. The molecule has 0 fully saturated rings. The van der Waals surface area contributed by atoms with Crippen LogP contribution in [0, 0.1) is 0 Å². The van der Waals surface area contributed by atoms with Crippen molar-refractivity contribution in [3.63, 3.8) is 0 Å². The van der Waals surface area contributed by atoms with Crippen LogP contribution in [-0.2, 0) is 24.1 Å². The number of methoxy groups -OCH3 is 1.